The van der Waals surface area contributed by atoms with Gasteiger partial charge in [-0.2, -0.15) is 5.26 Å². The number of fused-ring (bicyclic) bond motifs is 6. The van der Waals surface area contributed by atoms with E-state index >= 15 is 0 Å². The lowest BCUT2D eigenvalue weighted by molar-refractivity contribution is -0.130. The first-order chi connectivity index (χ1) is 21.1. The fourth-order valence-electron chi connectivity index (χ4n) is 7.13. The summed E-state index contributed by atoms with van der Waals surface area (Å²) in [6.45, 7) is 1.16. The van der Waals surface area contributed by atoms with E-state index in [9.17, 15) is 19.6 Å². The molecule has 2 aliphatic heterocycles. The Morgan fingerprint density at radius 1 is 1.00 bits per heavy atom. The first kappa shape index (κ1) is 29.4. The molecule has 3 aromatic rings. The number of hydrogen-bond donors (Lipinski definition) is 1. The second-order valence-corrected chi connectivity index (χ2v) is 12.4. The molecule has 0 saturated carbocycles. The van der Waals surface area contributed by atoms with Crippen LogP contribution in [0.2, 0.25) is 0 Å². The molecule has 1 saturated heterocycles. The Bertz CT molecular complexity index is 1600. The highest BCUT2D eigenvalue weighted by atomic mass is 16.2. The third-order valence-electron chi connectivity index (χ3n) is 9.22. The third-order valence-corrected chi connectivity index (χ3v) is 9.22. The maximum Gasteiger partial charge on any atom is 0.253 e. The molecule has 44 heavy (non-hydrogen) atoms. The van der Waals surface area contributed by atoms with Gasteiger partial charge < -0.3 is 20.0 Å². The maximum atomic E-state index is 13.2. The summed E-state index contributed by atoms with van der Waals surface area (Å²) in [5.41, 5.74) is 4.47. The summed E-state index contributed by atoms with van der Waals surface area (Å²) in [5, 5.41) is 26.0. The summed E-state index contributed by atoms with van der Waals surface area (Å²) in [4.78, 5) is 43.9. The summed E-state index contributed by atoms with van der Waals surface area (Å²) in [6, 6.07) is 13.4. The zero-order valence-electron chi connectivity index (χ0n) is 25.6. The van der Waals surface area contributed by atoms with Crippen LogP contribution >= 0.6 is 0 Å². The van der Waals surface area contributed by atoms with Gasteiger partial charge >= 0.3 is 0 Å². The van der Waals surface area contributed by atoms with E-state index in [1.165, 1.54) is 0 Å². The lowest BCUT2D eigenvalue weighted by atomic mass is 9.66. The molecule has 3 heterocycles. The summed E-state index contributed by atoms with van der Waals surface area (Å²) in [6.07, 6.45) is 3.42. The van der Waals surface area contributed by atoms with Crippen molar-refractivity contribution in [3.05, 3.63) is 75.6 Å². The quantitative estimate of drug-likeness (QED) is 0.467. The van der Waals surface area contributed by atoms with Gasteiger partial charge in [0.15, 0.2) is 5.82 Å². The number of rotatable bonds is 5. The first-order valence-electron chi connectivity index (χ1n) is 15.0. The van der Waals surface area contributed by atoms with E-state index in [4.69, 9.17) is 0 Å². The topological polar surface area (TPSA) is 140 Å². The van der Waals surface area contributed by atoms with Crippen LogP contribution in [0.3, 0.4) is 0 Å². The monoisotopic (exact) mass is 595 g/mol. The van der Waals surface area contributed by atoms with Crippen LogP contribution in [0.5, 0.6) is 0 Å². The summed E-state index contributed by atoms with van der Waals surface area (Å²) < 4.78 is 1.80. The van der Waals surface area contributed by atoms with Crippen LogP contribution in [0.1, 0.15) is 68.1 Å². The van der Waals surface area contributed by atoms with Crippen LogP contribution in [0.15, 0.2) is 36.4 Å². The van der Waals surface area contributed by atoms with Crippen LogP contribution in [0.25, 0.3) is 0 Å². The SMILES string of the molecule is CN(C)C(=O)c1ccc2c(c1)CCc1cc(C(=O)N(C)C)ccc1C21C[C@H](NCC(=O)N2CCC[C@H]2C#N)Cn2nnnc21. The van der Waals surface area contributed by atoms with Crippen LogP contribution in [-0.4, -0.2) is 106 Å². The highest BCUT2D eigenvalue weighted by Gasteiger charge is 2.49. The molecule has 1 spiro atoms. The van der Waals surface area contributed by atoms with E-state index in [2.05, 4.69) is 26.9 Å². The van der Waals surface area contributed by atoms with Crippen molar-refractivity contribution in [3.8, 4) is 6.07 Å². The van der Waals surface area contributed by atoms with Crippen molar-refractivity contribution in [3.63, 3.8) is 0 Å². The van der Waals surface area contributed by atoms with Gasteiger partial charge in [-0.1, -0.05) is 12.1 Å². The Hall–Kier alpha value is -4.63. The molecule has 1 N–H and O–H groups in total. The minimum absolute atomic E-state index is 0.0772. The largest absolute Gasteiger partial charge is 0.345 e. The van der Waals surface area contributed by atoms with Gasteiger partial charge in [-0.3, -0.25) is 14.4 Å². The van der Waals surface area contributed by atoms with E-state index in [1.54, 1.807) is 47.6 Å². The average Bonchev–Trinajstić information content (AvgIpc) is 3.69. The molecule has 1 aromatic heterocycles. The molecule has 12 nitrogen and oxygen atoms in total. The Morgan fingerprint density at radius 3 is 2.18 bits per heavy atom. The third kappa shape index (κ3) is 4.91. The molecule has 1 aliphatic carbocycles. The number of benzene rings is 2. The molecule has 12 heteroatoms. The Kier molecular flexibility index (Phi) is 7.67. The summed E-state index contributed by atoms with van der Waals surface area (Å²) in [7, 11) is 6.95. The highest BCUT2D eigenvalue weighted by molar-refractivity contribution is 5.95. The van der Waals surface area contributed by atoms with Crippen molar-refractivity contribution in [2.24, 2.45) is 0 Å². The normalized spacial score (nSPS) is 19.8. The summed E-state index contributed by atoms with van der Waals surface area (Å²) >= 11 is 0. The van der Waals surface area contributed by atoms with Gasteiger partial charge in [0, 0.05) is 51.9 Å². The van der Waals surface area contributed by atoms with E-state index in [0.717, 1.165) is 28.7 Å². The number of nitrogens with one attached hydrogen (secondary N) is 1. The number of hydrogen-bond acceptors (Lipinski definition) is 8. The molecular formula is C32H37N9O3. The molecule has 3 aliphatic rings. The second kappa shape index (κ2) is 11.5. The zero-order valence-corrected chi connectivity index (χ0v) is 25.6. The van der Waals surface area contributed by atoms with Crippen LogP contribution < -0.4 is 5.32 Å². The van der Waals surface area contributed by atoms with Gasteiger partial charge in [-0.15, -0.1) is 5.10 Å². The number of aryl methyl sites for hydroxylation is 2. The van der Waals surface area contributed by atoms with Crippen LogP contribution in [0, 0.1) is 11.3 Å². The van der Waals surface area contributed by atoms with Gasteiger partial charge in [0.1, 0.15) is 6.04 Å². The molecule has 2 aromatic carbocycles. The Labute approximate surface area is 256 Å². The fourth-order valence-corrected chi connectivity index (χ4v) is 7.13. The van der Waals surface area contributed by atoms with Crippen LogP contribution in [-0.2, 0) is 29.6 Å². The predicted octanol–water partition coefficient (Wildman–Crippen LogP) is 1.39. The number of carbonyl (C=O) groups excluding carboxylic acids is 3. The van der Waals surface area contributed by atoms with Crippen molar-refractivity contribution < 1.29 is 14.4 Å². The number of amides is 3. The van der Waals surface area contributed by atoms with Gasteiger partial charge in [0.05, 0.1) is 24.6 Å². The molecule has 0 bridgehead atoms. The van der Waals surface area contributed by atoms with Gasteiger partial charge in [-0.25, -0.2) is 4.68 Å². The lowest BCUT2D eigenvalue weighted by Crippen LogP contribution is -2.51. The smallest absolute Gasteiger partial charge is 0.253 e. The molecule has 228 valence electrons. The van der Waals surface area contributed by atoms with Gasteiger partial charge in [0.25, 0.3) is 11.8 Å². The van der Waals surface area contributed by atoms with Gasteiger partial charge in [-0.05, 0) is 89.1 Å². The van der Waals surface area contributed by atoms with E-state index in [0.29, 0.717) is 55.7 Å². The summed E-state index contributed by atoms with van der Waals surface area (Å²) in [5.74, 6) is 0.442. The van der Waals surface area contributed by atoms with Crippen molar-refractivity contribution >= 4 is 17.7 Å². The number of likely N-dealkylation sites (tertiary alicyclic amines) is 1. The second-order valence-electron chi connectivity index (χ2n) is 12.4. The van der Waals surface area contributed by atoms with E-state index in [-0.39, 0.29) is 36.3 Å². The minimum atomic E-state index is -0.800. The van der Waals surface area contributed by atoms with E-state index in [1.807, 2.05) is 36.4 Å². The molecule has 1 fully saturated rings. The molecule has 2 atom stereocenters. The number of aromatic nitrogens is 4. The van der Waals surface area contributed by atoms with Crippen molar-refractivity contribution in [2.75, 3.05) is 41.3 Å². The first-order valence-corrected chi connectivity index (χ1v) is 15.0. The highest BCUT2D eigenvalue weighted by Crippen LogP contribution is 2.49. The number of tetrazole rings is 1. The zero-order chi connectivity index (χ0) is 31.2. The molecular weight excluding hydrogens is 558 g/mol. The fraction of sp³-hybridized carbons (Fsp3) is 0.469. The number of nitrogens with zero attached hydrogens (tertiary/aromatic N) is 8. The Balaban J connectivity index is 1.46. The van der Waals surface area contributed by atoms with Crippen molar-refractivity contribution in [1.29, 1.82) is 5.26 Å². The number of carbonyl (C=O) groups is 3. The molecule has 0 unspecified atom stereocenters. The van der Waals surface area contributed by atoms with Crippen molar-refractivity contribution in [1.82, 2.24) is 40.2 Å². The lowest BCUT2D eigenvalue weighted by Gasteiger charge is -2.42. The van der Waals surface area contributed by atoms with Crippen molar-refractivity contribution in [2.45, 2.75) is 56.1 Å². The molecule has 6 rings (SSSR count). The Morgan fingerprint density at radius 2 is 1.61 bits per heavy atom. The van der Waals surface area contributed by atoms with E-state index < -0.39 is 5.41 Å². The minimum Gasteiger partial charge on any atom is -0.345 e. The standard InChI is InChI=1S/C32H37N9O3/c1-38(2)29(43)22-9-11-26-20(14-22)7-8-21-15-23(30(44)39(3)4)10-12-27(21)32(26)16-24(19-41-31(32)35-36-37-41)34-18-28(42)40-13-5-6-25(40)17-33/h9-12,14-15,24-25,34H,5-8,13,16,18-19H2,1-4H3/t24-,25-/m0/s1. The number of nitriles is 1. The predicted molar refractivity (Wildman–Crippen MR) is 161 cm³/mol. The maximum absolute atomic E-state index is 13.2. The van der Waals surface area contributed by atoms with Gasteiger partial charge in [0.2, 0.25) is 5.91 Å². The molecule has 0 radical (unpaired) electrons. The molecule has 3 amide bonds. The van der Waals surface area contributed by atoms with Crippen LogP contribution in [0.4, 0.5) is 0 Å². The average molecular weight is 596 g/mol.